The fourth-order valence-electron chi connectivity index (χ4n) is 1.55. The van der Waals surface area contributed by atoms with Gasteiger partial charge in [0.1, 0.15) is 0 Å². The number of hydrogen-bond donors (Lipinski definition) is 0. The smallest absolute Gasteiger partial charge is 0.369 e. The Hall–Kier alpha value is -2.43. The number of aromatic nitrogens is 1. The molecule has 0 aliphatic carbocycles. The summed E-state index contributed by atoms with van der Waals surface area (Å²) in [5.74, 6) is -1.02. The molecular weight excluding hydrogens is 317 g/mol. The molecule has 1 heterocycles. The summed E-state index contributed by atoms with van der Waals surface area (Å²) in [4.78, 5) is 13.7. The van der Waals surface area contributed by atoms with E-state index in [0.29, 0.717) is 0 Å². The van der Waals surface area contributed by atoms with E-state index in [1.165, 1.54) is 18.5 Å². The van der Waals surface area contributed by atoms with Gasteiger partial charge in [-0.3, -0.25) is 15.1 Å². The molecule has 0 bridgehead atoms. The molecule has 0 N–H and O–H groups in total. The Labute approximate surface area is 115 Å². The molecule has 2 aromatic rings. The van der Waals surface area contributed by atoms with Crippen molar-refractivity contribution in [3.05, 3.63) is 40.7 Å². The highest BCUT2D eigenvalue weighted by Gasteiger charge is 2.49. The van der Waals surface area contributed by atoms with Crippen LogP contribution in [0.15, 0.2) is 30.6 Å². The molecule has 0 atom stereocenters. The molecule has 0 aliphatic heterocycles. The first kappa shape index (κ1) is 15.0. The van der Waals surface area contributed by atoms with E-state index in [0.717, 1.165) is 12.1 Å². The number of benzene rings is 1. The fraction of sp³-hybridized carbons (Fsp3) is 0.100. The van der Waals surface area contributed by atoms with Gasteiger partial charge in [-0.15, -0.1) is 0 Å². The number of rotatable bonds is 3. The maximum atomic E-state index is 12.3. The van der Waals surface area contributed by atoms with Crippen molar-refractivity contribution in [2.75, 3.05) is 0 Å². The van der Waals surface area contributed by atoms with E-state index < -0.39 is 32.0 Å². The normalized spacial score (nSPS) is 12.3. The van der Waals surface area contributed by atoms with Gasteiger partial charge < -0.3 is 4.18 Å². The summed E-state index contributed by atoms with van der Waals surface area (Å²) in [5.41, 5.74) is -6.57. The summed E-state index contributed by atoms with van der Waals surface area (Å²) < 4.78 is 62.6. The molecule has 112 valence electrons. The van der Waals surface area contributed by atoms with E-state index >= 15 is 0 Å². The molecule has 0 fully saturated rings. The Bertz CT molecular complexity index is 819. The molecule has 21 heavy (non-hydrogen) atoms. The van der Waals surface area contributed by atoms with Gasteiger partial charge in [-0.25, -0.2) is 0 Å². The summed E-state index contributed by atoms with van der Waals surface area (Å²) in [7, 11) is -6.00. The van der Waals surface area contributed by atoms with E-state index in [1.807, 2.05) is 0 Å². The lowest BCUT2D eigenvalue weighted by Crippen LogP contribution is -2.28. The predicted octanol–water partition coefficient (Wildman–Crippen LogP) is 2.37. The molecule has 0 saturated carbocycles. The molecule has 7 nitrogen and oxygen atoms in total. The van der Waals surface area contributed by atoms with Crippen molar-refractivity contribution in [1.29, 1.82) is 0 Å². The van der Waals surface area contributed by atoms with Crippen molar-refractivity contribution >= 4 is 26.6 Å². The Kier molecular flexibility index (Phi) is 3.45. The van der Waals surface area contributed by atoms with Crippen LogP contribution < -0.4 is 4.18 Å². The van der Waals surface area contributed by atoms with Crippen molar-refractivity contribution in [2.24, 2.45) is 0 Å². The summed E-state index contributed by atoms with van der Waals surface area (Å²) in [6, 6.07) is 3.10. The van der Waals surface area contributed by atoms with Crippen molar-refractivity contribution in [2.45, 2.75) is 5.51 Å². The molecule has 0 radical (unpaired) electrons. The minimum absolute atomic E-state index is 0.0927. The zero-order valence-corrected chi connectivity index (χ0v) is 10.7. The van der Waals surface area contributed by atoms with Gasteiger partial charge in [-0.05, 0) is 18.2 Å². The van der Waals surface area contributed by atoms with Crippen LogP contribution in [0, 0.1) is 10.1 Å². The SMILES string of the molecule is O=[N+]([O-])c1c(OS(=O)(=O)C(F)(F)F)ccc2cnccc12. The number of halogens is 3. The topological polar surface area (TPSA) is 99.4 Å². The van der Waals surface area contributed by atoms with Gasteiger partial charge in [-0.1, -0.05) is 0 Å². The summed E-state index contributed by atoms with van der Waals surface area (Å²) >= 11 is 0. The van der Waals surface area contributed by atoms with E-state index in [-0.39, 0.29) is 10.8 Å². The van der Waals surface area contributed by atoms with Gasteiger partial charge in [0.05, 0.1) is 10.3 Å². The molecule has 1 aromatic heterocycles. The third-order valence-corrected chi connectivity index (χ3v) is 3.39. The van der Waals surface area contributed by atoms with Crippen LogP contribution in [-0.4, -0.2) is 23.8 Å². The maximum Gasteiger partial charge on any atom is 0.534 e. The number of fused-ring (bicyclic) bond motifs is 1. The standard InChI is InChI=1S/C10H5F3N2O5S/c11-10(12,13)21(18,19)20-8-2-1-6-5-14-4-3-7(6)9(8)15(16)17/h1-5H. The molecule has 0 saturated heterocycles. The van der Waals surface area contributed by atoms with Crippen molar-refractivity contribution in [1.82, 2.24) is 4.98 Å². The quantitative estimate of drug-likeness (QED) is 0.372. The number of nitro groups is 1. The van der Waals surface area contributed by atoms with Crippen LogP contribution in [0.4, 0.5) is 18.9 Å². The van der Waals surface area contributed by atoms with E-state index in [2.05, 4.69) is 9.17 Å². The second kappa shape index (κ2) is 4.84. The van der Waals surface area contributed by atoms with E-state index in [1.54, 1.807) is 0 Å². The average molecular weight is 322 g/mol. The van der Waals surface area contributed by atoms with Gasteiger partial charge in [0.15, 0.2) is 0 Å². The lowest BCUT2D eigenvalue weighted by Gasteiger charge is -2.10. The average Bonchev–Trinajstić information content (AvgIpc) is 2.36. The lowest BCUT2D eigenvalue weighted by atomic mass is 10.1. The van der Waals surface area contributed by atoms with Crippen LogP contribution >= 0.6 is 0 Å². The highest BCUT2D eigenvalue weighted by molar-refractivity contribution is 7.88. The third-order valence-electron chi connectivity index (χ3n) is 2.42. The molecule has 0 spiro atoms. The number of nitrogens with zero attached hydrogens (tertiary/aromatic N) is 2. The Balaban J connectivity index is 2.66. The van der Waals surface area contributed by atoms with Crippen molar-refractivity contribution < 1.29 is 30.7 Å². The molecule has 0 unspecified atom stereocenters. The summed E-state index contributed by atoms with van der Waals surface area (Å²) in [6.45, 7) is 0. The minimum Gasteiger partial charge on any atom is -0.369 e. The third kappa shape index (κ3) is 2.72. The first-order chi connectivity index (χ1) is 9.63. The highest BCUT2D eigenvalue weighted by atomic mass is 32.2. The number of nitro benzene ring substituents is 1. The van der Waals surface area contributed by atoms with Gasteiger partial charge in [0, 0.05) is 17.8 Å². The molecular formula is C10H5F3N2O5S. The summed E-state index contributed by atoms with van der Waals surface area (Å²) in [6.07, 6.45) is 2.42. The van der Waals surface area contributed by atoms with Gasteiger partial charge in [0.25, 0.3) is 0 Å². The monoisotopic (exact) mass is 322 g/mol. The minimum atomic E-state index is -6.00. The molecule has 0 amide bonds. The van der Waals surface area contributed by atoms with Crippen molar-refractivity contribution in [3.63, 3.8) is 0 Å². The number of alkyl halides is 3. The van der Waals surface area contributed by atoms with Crippen LogP contribution in [0.5, 0.6) is 5.75 Å². The first-order valence-electron chi connectivity index (χ1n) is 5.15. The van der Waals surface area contributed by atoms with Crippen molar-refractivity contribution in [3.8, 4) is 5.75 Å². The van der Waals surface area contributed by atoms with Gasteiger partial charge in [0.2, 0.25) is 5.75 Å². The number of pyridine rings is 1. The fourth-order valence-corrected chi connectivity index (χ4v) is 2.02. The molecule has 1 aromatic carbocycles. The predicted molar refractivity (Wildman–Crippen MR) is 64.0 cm³/mol. The van der Waals surface area contributed by atoms with E-state index in [9.17, 15) is 31.7 Å². The Morgan fingerprint density at radius 1 is 1.24 bits per heavy atom. The summed E-state index contributed by atoms with van der Waals surface area (Å²) in [5, 5.41) is 11.2. The molecule has 0 aliphatic rings. The Morgan fingerprint density at radius 3 is 2.48 bits per heavy atom. The first-order valence-corrected chi connectivity index (χ1v) is 6.56. The lowest BCUT2D eigenvalue weighted by molar-refractivity contribution is -0.383. The second-order valence-electron chi connectivity index (χ2n) is 3.75. The highest BCUT2D eigenvalue weighted by Crippen LogP contribution is 2.37. The van der Waals surface area contributed by atoms with Crippen LogP contribution in [0.2, 0.25) is 0 Å². The maximum absolute atomic E-state index is 12.3. The largest absolute Gasteiger partial charge is 0.534 e. The van der Waals surface area contributed by atoms with E-state index in [4.69, 9.17) is 0 Å². The van der Waals surface area contributed by atoms with Crippen LogP contribution in [0.25, 0.3) is 10.8 Å². The molecule has 11 heteroatoms. The van der Waals surface area contributed by atoms with Gasteiger partial charge in [-0.2, -0.15) is 21.6 Å². The van der Waals surface area contributed by atoms with Crippen LogP contribution in [0.1, 0.15) is 0 Å². The van der Waals surface area contributed by atoms with Crippen LogP contribution in [0.3, 0.4) is 0 Å². The zero-order chi connectivity index (χ0) is 15.8. The zero-order valence-electron chi connectivity index (χ0n) is 9.86. The van der Waals surface area contributed by atoms with Gasteiger partial charge >= 0.3 is 21.3 Å². The molecule has 2 rings (SSSR count). The Morgan fingerprint density at radius 2 is 1.90 bits per heavy atom. The van der Waals surface area contributed by atoms with Crippen LogP contribution in [-0.2, 0) is 10.1 Å². The second-order valence-corrected chi connectivity index (χ2v) is 5.29. The number of hydrogen-bond acceptors (Lipinski definition) is 6.